The topological polar surface area (TPSA) is 90.9 Å². The molecule has 0 saturated carbocycles. The first-order chi connectivity index (χ1) is 12.0. The Hall–Kier alpha value is -0.980. The number of Topliss-reactive ketones (excluding diaryl/α,β-unsaturated/α-hetero) is 1. The highest BCUT2D eigenvalue weighted by Gasteiger charge is 2.28. The van der Waals surface area contributed by atoms with Crippen LogP contribution >= 0.6 is 22.0 Å². The quantitative estimate of drug-likeness (QED) is 0.178. The smallest absolute Gasteiger partial charge is 0.243 e. The lowest BCUT2D eigenvalue weighted by Crippen LogP contribution is -2.49. The van der Waals surface area contributed by atoms with Crippen LogP contribution in [0.1, 0.15) is 38.5 Å². The van der Waals surface area contributed by atoms with E-state index in [-0.39, 0.29) is 30.4 Å². The Bertz CT molecular complexity index is 449. The van der Waals surface area contributed by atoms with Crippen LogP contribution in [0.25, 0.3) is 0 Å². The second-order valence-electron chi connectivity index (χ2n) is 5.73. The summed E-state index contributed by atoms with van der Waals surface area (Å²) in [6.07, 6.45) is 4.61. The molecule has 0 saturated heterocycles. The highest BCUT2D eigenvalue weighted by atomic mass is 32.1. The van der Waals surface area contributed by atoms with Crippen molar-refractivity contribution in [3.8, 4) is 0 Å². The minimum Gasteiger partial charge on any atom is -0.353 e. The predicted octanol–water partition coefficient (Wildman–Crippen LogP) is 0.849. The van der Waals surface area contributed by atoms with Crippen molar-refractivity contribution < 1.29 is 14.4 Å². The summed E-state index contributed by atoms with van der Waals surface area (Å²) in [5, 5.41) is 5.70. The van der Waals surface area contributed by atoms with Gasteiger partial charge in [0.1, 0.15) is 11.8 Å². The van der Waals surface area contributed by atoms with Crippen molar-refractivity contribution in [3.05, 3.63) is 0 Å². The average Bonchev–Trinajstić information content (AvgIpc) is 2.60. The number of hydrogen-bond donors (Lipinski definition) is 3. The van der Waals surface area contributed by atoms with Gasteiger partial charge >= 0.3 is 0 Å². The van der Waals surface area contributed by atoms with Gasteiger partial charge < -0.3 is 15.5 Å². The number of carbonyl (C=O) groups is 3. The Balaban J connectivity index is 4.79. The number of nitrogens with one attached hydrogen (secondary N) is 2. The summed E-state index contributed by atoms with van der Waals surface area (Å²) in [5.41, 5.74) is 0. The van der Waals surface area contributed by atoms with E-state index in [4.69, 9.17) is 0 Å². The third-order valence-electron chi connectivity index (χ3n) is 3.73. The molecule has 144 valence electrons. The SMILES string of the molecule is CNCCNC(=O)C(CC(=O)CC=NP)N(C)C(=O)CCCCCS. The van der Waals surface area contributed by atoms with E-state index in [1.54, 1.807) is 14.1 Å². The van der Waals surface area contributed by atoms with Gasteiger partial charge in [-0.2, -0.15) is 12.6 Å². The third-order valence-corrected chi connectivity index (χ3v) is 4.26. The third kappa shape index (κ3) is 11.3. The minimum atomic E-state index is -0.792. The van der Waals surface area contributed by atoms with Crippen LogP contribution in [-0.2, 0) is 14.4 Å². The van der Waals surface area contributed by atoms with Crippen LogP contribution in [0.3, 0.4) is 0 Å². The molecule has 0 aliphatic rings. The number of rotatable bonds is 14. The van der Waals surface area contributed by atoms with E-state index >= 15 is 0 Å². The van der Waals surface area contributed by atoms with Crippen LogP contribution in [0.15, 0.2) is 4.76 Å². The van der Waals surface area contributed by atoms with Crippen molar-refractivity contribution in [2.75, 3.05) is 32.9 Å². The highest BCUT2D eigenvalue weighted by molar-refractivity contribution is 7.80. The van der Waals surface area contributed by atoms with Gasteiger partial charge in [0, 0.05) is 45.6 Å². The zero-order chi connectivity index (χ0) is 19.1. The van der Waals surface area contributed by atoms with Crippen molar-refractivity contribution in [3.63, 3.8) is 0 Å². The minimum absolute atomic E-state index is 0.0129. The van der Waals surface area contributed by atoms with Gasteiger partial charge in [0.05, 0.1) is 0 Å². The average molecular weight is 390 g/mol. The predicted molar refractivity (Wildman–Crippen MR) is 108 cm³/mol. The molecule has 0 bridgehead atoms. The molecule has 2 amide bonds. The van der Waals surface area contributed by atoms with Crippen molar-refractivity contribution in [1.29, 1.82) is 0 Å². The summed E-state index contributed by atoms with van der Waals surface area (Å²) in [7, 11) is 5.53. The molecule has 0 aromatic heterocycles. The maximum atomic E-state index is 12.4. The lowest BCUT2D eigenvalue weighted by molar-refractivity contribution is -0.140. The normalized spacial score (nSPS) is 12.2. The molecule has 9 heteroatoms. The van der Waals surface area contributed by atoms with E-state index in [1.807, 2.05) is 0 Å². The first-order valence-electron chi connectivity index (χ1n) is 8.50. The van der Waals surface area contributed by atoms with E-state index in [9.17, 15) is 14.4 Å². The van der Waals surface area contributed by atoms with Gasteiger partial charge in [-0.05, 0) is 35.0 Å². The lowest BCUT2D eigenvalue weighted by Gasteiger charge is -2.27. The number of hydrogen-bond acceptors (Lipinski definition) is 6. The fraction of sp³-hybridized carbons (Fsp3) is 0.750. The fourth-order valence-electron chi connectivity index (χ4n) is 2.20. The standard InChI is InChI=1S/C16H31N4O3PS/c1-17-9-10-18-16(23)14(12-13(21)7-8-19-24)20(2)15(22)6-4-3-5-11-25/h8,14,17,25H,3-7,9-12,24H2,1-2H3,(H,18,23). The molecule has 25 heavy (non-hydrogen) atoms. The molecular weight excluding hydrogens is 359 g/mol. The van der Waals surface area contributed by atoms with Gasteiger partial charge in [0.2, 0.25) is 11.8 Å². The Labute approximate surface area is 158 Å². The van der Waals surface area contributed by atoms with Crippen molar-refractivity contribution in [2.24, 2.45) is 4.76 Å². The molecule has 0 aliphatic heterocycles. The van der Waals surface area contributed by atoms with Crippen molar-refractivity contribution in [2.45, 2.75) is 44.6 Å². The summed E-state index contributed by atoms with van der Waals surface area (Å²) in [6.45, 7) is 1.06. The van der Waals surface area contributed by atoms with Crippen LogP contribution in [0, 0.1) is 0 Å². The largest absolute Gasteiger partial charge is 0.353 e. The molecule has 0 heterocycles. The molecule has 2 N–H and O–H groups in total. The second kappa shape index (κ2) is 15.3. The number of nitrogens with zero attached hydrogens (tertiary/aromatic N) is 2. The Kier molecular flexibility index (Phi) is 14.7. The summed E-state index contributed by atoms with van der Waals surface area (Å²) < 4.78 is 3.70. The number of carbonyl (C=O) groups excluding carboxylic acids is 3. The number of amides is 2. The monoisotopic (exact) mass is 390 g/mol. The summed E-state index contributed by atoms with van der Waals surface area (Å²) in [6, 6.07) is -0.792. The van der Waals surface area contributed by atoms with Gasteiger partial charge in [-0.15, -0.1) is 0 Å². The molecular formula is C16H31N4O3PS. The van der Waals surface area contributed by atoms with Gasteiger partial charge in [-0.25, -0.2) is 0 Å². The molecule has 0 aliphatic carbocycles. The molecule has 0 rings (SSSR count). The Morgan fingerprint density at radius 2 is 1.96 bits per heavy atom. The van der Waals surface area contributed by atoms with Crippen LogP contribution in [0.4, 0.5) is 0 Å². The van der Waals surface area contributed by atoms with Crippen molar-refractivity contribution >= 4 is 45.8 Å². The fourth-order valence-corrected chi connectivity index (χ4v) is 2.53. The van der Waals surface area contributed by atoms with Crippen molar-refractivity contribution in [1.82, 2.24) is 15.5 Å². The molecule has 0 radical (unpaired) electrons. The first-order valence-corrected chi connectivity index (χ1v) is 9.65. The zero-order valence-electron chi connectivity index (χ0n) is 15.2. The molecule has 0 fully saturated rings. The summed E-state index contributed by atoms with van der Waals surface area (Å²) >= 11 is 4.15. The van der Waals surface area contributed by atoms with Crippen LogP contribution in [0.2, 0.25) is 0 Å². The number of likely N-dealkylation sites (N-methyl/N-ethyl adjacent to an activating group) is 2. The molecule has 0 aromatic carbocycles. The van der Waals surface area contributed by atoms with E-state index < -0.39 is 6.04 Å². The highest BCUT2D eigenvalue weighted by Crippen LogP contribution is 2.10. The van der Waals surface area contributed by atoms with Gasteiger partial charge in [-0.1, -0.05) is 6.42 Å². The lowest BCUT2D eigenvalue weighted by atomic mass is 10.1. The van der Waals surface area contributed by atoms with E-state index in [2.05, 4.69) is 37.4 Å². The van der Waals surface area contributed by atoms with E-state index in [0.717, 1.165) is 25.0 Å². The zero-order valence-corrected chi connectivity index (χ0v) is 17.2. The van der Waals surface area contributed by atoms with Crippen LogP contribution in [-0.4, -0.2) is 67.7 Å². The summed E-state index contributed by atoms with van der Waals surface area (Å²) in [4.78, 5) is 38.2. The second-order valence-corrected chi connectivity index (χ2v) is 6.47. The Morgan fingerprint density at radius 3 is 2.56 bits per heavy atom. The number of thiol groups is 1. The molecule has 7 nitrogen and oxygen atoms in total. The van der Waals surface area contributed by atoms with Gasteiger partial charge in [-0.3, -0.25) is 19.1 Å². The van der Waals surface area contributed by atoms with Crippen LogP contribution in [0.5, 0.6) is 0 Å². The molecule has 2 atom stereocenters. The summed E-state index contributed by atoms with van der Waals surface area (Å²) in [5.74, 6) is 0.236. The molecule has 2 unspecified atom stereocenters. The maximum Gasteiger partial charge on any atom is 0.243 e. The molecule has 0 aromatic rings. The van der Waals surface area contributed by atoms with Crippen LogP contribution < -0.4 is 10.6 Å². The van der Waals surface area contributed by atoms with E-state index in [0.29, 0.717) is 19.5 Å². The number of ketones is 1. The Morgan fingerprint density at radius 1 is 1.24 bits per heavy atom. The maximum absolute atomic E-state index is 12.4. The molecule has 0 spiro atoms. The van der Waals surface area contributed by atoms with E-state index in [1.165, 1.54) is 11.1 Å². The van der Waals surface area contributed by atoms with Gasteiger partial charge in [0.25, 0.3) is 0 Å². The number of unbranched alkanes of at least 4 members (excludes halogenated alkanes) is 2. The van der Waals surface area contributed by atoms with Gasteiger partial charge in [0.15, 0.2) is 0 Å². The first kappa shape index (κ1) is 24.0.